The summed E-state index contributed by atoms with van der Waals surface area (Å²) in [7, 11) is 2.21. The fourth-order valence-corrected chi connectivity index (χ4v) is 1.48. The van der Waals surface area contributed by atoms with Crippen LogP contribution in [0.5, 0.6) is 0 Å². The first-order valence-corrected chi connectivity index (χ1v) is 5.56. The van der Waals surface area contributed by atoms with Gasteiger partial charge in [0.15, 0.2) is 0 Å². The Kier molecular flexibility index (Phi) is 6.96. The number of rotatable bonds is 6. The number of thiol groups is 1. The molecular formula is C10H23NS. The first-order valence-electron chi connectivity index (χ1n) is 4.92. The molecule has 0 aromatic rings. The van der Waals surface area contributed by atoms with Crippen LogP contribution in [0.2, 0.25) is 0 Å². The van der Waals surface area contributed by atoms with Crippen molar-refractivity contribution in [2.45, 2.75) is 39.7 Å². The van der Waals surface area contributed by atoms with Crippen molar-refractivity contribution in [3.8, 4) is 0 Å². The van der Waals surface area contributed by atoms with Crippen molar-refractivity contribution in [1.82, 2.24) is 4.90 Å². The molecule has 0 aliphatic heterocycles. The molecule has 0 amide bonds. The molecule has 0 fully saturated rings. The van der Waals surface area contributed by atoms with Crippen LogP contribution in [0.1, 0.15) is 33.6 Å². The standard InChI is InChI=1S/C10H23NS/c1-5-6-10(3)11(4)7-9(2)8-12/h9-10,12H,5-8H2,1-4H3. The van der Waals surface area contributed by atoms with E-state index in [0.29, 0.717) is 5.92 Å². The maximum Gasteiger partial charge on any atom is 0.00639 e. The lowest BCUT2D eigenvalue weighted by atomic mass is 10.1. The van der Waals surface area contributed by atoms with E-state index in [2.05, 4.69) is 45.3 Å². The Balaban J connectivity index is 3.62. The van der Waals surface area contributed by atoms with Crippen molar-refractivity contribution in [2.24, 2.45) is 5.92 Å². The van der Waals surface area contributed by atoms with Crippen LogP contribution in [0.4, 0.5) is 0 Å². The van der Waals surface area contributed by atoms with Gasteiger partial charge in [0, 0.05) is 12.6 Å². The molecule has 0 saturated heterocycles. The average molecular weight is 189 g/mol. The summed E-state index contributed by atoms with van der Waals surface area (Å²) in [5, 5.41) is 0. The molecule has 0 heterocycles. The number of nitrogens with zero attached hydrogens (tertiary/aromatic N) is 1. The lowest BCUT2D eigenvalue weighted by molar-refractivity contribution is 0.221. The first-order chi connectivity index (χ1) is 5.61. The van der Waals surface area contributed by atoms with Gasteiger partial charge in [0.1, 0.15) is 0 Å². The summed E-state index contributed by atoms with van der Waals surface area (Å²) in [5.74, 6) is 1.70. The maximum absolute atomic E-state index is 4.28. The van der Waals surface area contributed by atoms with Crippen LogP contribution >= 0.6 is 12.6 Å². The van der Waals surface area contributed by atoms with Crippen LogP contribution in [0.3, 0.4) is 0 Å². The third-order valence-electron chi connectivity index (χ3n) is 2.37. The maximum atomic E-state index is 4.28. The SMILES string of the molecule is CCCC(C)N(C)CC(C)CS. The summed E-state index contributed by atoms with van der Waals surface area (Å²) in [6.45, 7) is 7.97. The second-order valence-electron chi connectivity index (χ2n) is 3.87. The number of hydrogen-bond acceptors (Lipinski definition) is 2. The molecule has 2 heteroatoms. The molecule has 0 aromatic heterocycles. The van der Waals surface area contributed by atoms with Gasteiger partial charge >= 0.3 is 0 Å². The smallest absolute Gasteiger partial charge is 0.00639 e. The molecule has 0 aromatic carbocycles. The quantitative estimate of drug-likeness (QED) is 0.629. The minimum Gasteiger partial charge on any atom is -0.303 e. The molecule has 2 unspecified atom stereocenters. The highest BCUT2D eigenvalue weighted by Crippen LogP contribution is 2.07. The van der Waals surface area contributed by atoms with Crippen molar-refractivity contribution < 1.29 is 0 Å². The third-order valence-corrected chi connectivity index (χ3v) is 2.99. The van der Waals surface area contributed by atoms with Crippen molar-refractivity contribution in [3.63, 3.8) is 0 Å². The van der Waals surface area contributed by atoms with Gasteiger partial charge in [0.2, 0.25) is 0 Å². The second kappa shape index (κ2) is 6.79. The molecule has 1 nitrogen and oxygen atoms in total. The Hall–Kier alpha value is 0.310. The zero-order chi connectivity index (χ0) is 9.56. The summed E-state index contributed by atoms with van der Waals surface area (Å²) in [4.78, 5) is 2.43. The molecule has 12 heavy (non-hydrogen) atoms. The normalized spacial score (nSPS) is 16.5. The highest BCUT2D eigenvalue weighted by molar-refractivity contribution is 7.80. The predicted octanol–water partition coefficient (Wildman–Crippen LogP) is 2.67. The Labute approximate surface area is 82.9 Å². The van der Waals surface area contributed by atoms with Gasteiger partial charge in [-0.05, 0) is 32.1 Å². The molecule has 0 bridgehead atoms. The van der Waals surface area contributed by atoms with E-state index in [-0.39, 0.29) is 0 Å². The predicted molar refractivity (Wildman–Crippen MR) is 60.0 cm³/mol. The summed E-state index contributed by atoms with van der Waals surface area (Å²) in [6.07, 6.45) is 2.58. The van der Waals surface area contributed by atoms with Crippen LogP contribution < -0.4 is 0 Å². The van der Waals surface area contributed by atoms with E-state index in [1.54, 1.807) is 0 Å². The first kappa shape index (κ1) is 12.3. The summed E-state index contributed by atoms with van der Waals surface area (Å²) >= 11 is 4.28. The highest BCUT2D eigenvalue weighted by atomic mass is 32.1. The zero-order valence-electron chi connectivity index (χ0n) is 8.88. The molecule has 0 rings (SSSR count). The van der Waals surface area contributed by atoms with E-state index in [0.717, 1.165) is 11.8 Å². The van der Waals surface area contributed by atoms with E-state index < -0.39 is 0 Å². The van der Waals surface area contributed by atoms with Gasteiger partial charge in [-0.2, -0.15) is 12.6 Å². The molecule has 0 radical (unpaired) electrons. The van der Waals surface area contributed by atoms with Crippen LogP contribution in [0.15, 0.2) is 0 Å². The summed E-state index contributed by atoms with van der Waals surface area (Å²) < 4.78 is 0. The van der Waals surface area contributed by atoms with Crippen LogP contribution in [0.25, 0.3) is 0 Å². The molecule has 0 saturated carbocycles. The summed E-state index contributed by atoms with van der Waals surface area (Å²) in [5.41, 5.74) is 0. The highest BCUT2D eigenvalue weighted by Gasteiger charge is 2.10. The topological polar surface area (TPSA) is 3.24 Å². The zero-order valence-corrected chi connectivity index (χ0v) is 9.77. The van der Waals surface area contributed by atoms with Gasteiger partial charge in [0.05, 0.1) is 0 Å². The monoisotopic (exact) mass is 189 g/mol. The van der Waals surface area contributed by atoms with Crippen molar-refractivity contribution in [3.05, 3.63) is 0 Å². The Bertz CT molecular complexity index is 106. The van der Waals surface area contributed by atoms with E-state index in [9.17, 15) is 0 Å². The Morgan fingerprint density at radius 1 is 1.33 bits per heavy atom. The van der Waals surface area contributed by atoms with Gasteiger partial charge in [-0.3, -0.25) is 0 Å². The van der Waals surface area contributed by atoms with E-state index in [1.807, 2.05) is 0 Å². The van der Waals surface area contributed by atoms with Crippen molar-refractivity contribution in [1.29, 1.82) is 0 Å². The van der Waals surface area contributed by atoms with Gasteiger partial charge in [-0.25, -0.2) is 0 Å². The van der Waals surface area contributed by atoms with Crippen LogP contribution in [-0.2, 0) is 0 Å². The average Bonchev–Trinajstić information content (AvgIpc) is 2.04. The van der Waals surface area contributed by atoms with Crippen LogP contribution in [0, 0.1) is 5.92 Å². The van der Waals surface area contributed by atoms with Crippen molar-refractivity contribution >= 4 is 12.6 Å². The lowest BCUT2D eigenvalue weighted by Gasteiger charge is -2.26. The second-order valence-corrected chi connectivity index (χ2v) is 4.23. The largest absolute Gasteiger partial charge is 0.303 e. The molecular weight excluding hydrogens is 166 g/mol. The fraction of sp³-hybridized carbons (Fsp3) is 1.00. The van der Waals surface area contributed by atoms with E-state index in [4.69, 9.17) is 0 Å². The van der Waals surface area contributed by atoms with Gasteiger partial charge in [0.25, 0.3) is 0 Å². The van der Waals surface area contributed by atoms with Gasteiger partial charge in [-0.1, -0.05) is 20.3 Å². The third kappa shape index (κ3) is 5.04. The summed E-state index contributed by atoms with van der Waals surface area (Å²) in [6, 6.07) is 0.720. The minimum absolute atomic E-state index is 0.706. The lowest BCUT2D eigenvalue weighted by Crippen LogP contribution is -2.33. The Morgan fingerprint density at radius 2 is 1.92 bits per heavy atom. The van der Waals surface area contributed by atoms with E-state index in [1.165, 1.54) is 19.4 Å². The molecule has 0 aliphatic carbocycles. The molecule has 74 valence electrons. The molecule has 0 N–H and O–H groups in total. The fourth-order valence-electron chi connectivity index (χ4n) is 1.37. The van der Waals surface area contributed by atoms with Gasteiger partial charge < -0.3 is 4.90 Å². The van der Waals surface area contributed by atoms with Crippen LogP contribution in [-0.4, -0.2) is 30.3 Å². The number of hydrogen-bond donors (Lipinski definition) is 1. The molecule has 0 spiro atoms. The molecule has 2 atom stereocenters. The van der Waals surface area contributed by atoms with Crippen molar-refractivity contribution in [2.75, 3.05) is 19.3 Å². The minimum atomic E-state index is 0.706. The van der Waals surface area contributed by atoms with E-state index >= 15 is 0 Å². The molecule has 0 aliphatic rings. The Morgan fingerprint density at radius 3 is 2.33 bits per heavy atom. The van der Waals surface area contributed by atoms with Gasteiger partial charge in [-0.15, -0.1) is 0 Å².